The molecular weight excluding hydrogens is 214 g/mol. The molecular formula is C12H13N5. The van der Waals surface area contributed by atoms with Crippen molar-refractivity contribution in [2.75, 3.05) is 5.32 Å². The normalized spacial score (nSPS) is 11.8. The molecule has 0 radical (unpaired) electrons. The first-order valence-electron chi connectivity index (χ1n) is 5.33. The fourth-order valence-corrected chi connectivity index (χ4v) is 1.60. The Hall–Kier alpha value is -2.35. The molecule has 17 heavy (non-hydrogen) atoms. The molecule has 0 aliphatic carbocycles. The fourth-order valence-electron chi connectivity index (χ4n) is 1.60. The second-order valence-corrected chi connectivity index (χ2v) is 3.90. The third kappa shape index (κ3) is 2.42. The van der Waals surface area contributed by atoms with Gasteiger partial charge in [-0.25, -0.2) is 4.98 Å². The van der Waals surface area contributed by atoms with Crippen LogP contribution in [0.2, 0.25) is 0 Å². The van der Waals surface area contributed by atoms with Crippen molar-refractivity contribution in [2.45, 2.75) is 19.9 Å². The van der Waals surface area contributed by atoms with Gasteiger partial charge < -0.3 is 5.32 Å². The van der Waals surface area contributed by atoms with Gasteiger partial charge in [0.1, 0.15) is 18.2 Å². The highest BCUT2D eigenvalue weighted by molar-refractivity contribution is 5.59. The lowest BCUT2D eigenvalue weighted by atomic mass is 10.1. The van der Waals surface area contributed by atoms with Gasteiger partial charge >= 0.3 is 0 Å². The highest BCUT2D eigenvalue weighted by Crippen LogP contribution is 2.21. The third-order valence-electron chi connectivity index (χ3n) is 2.51. The van der Waals surface area contributed by atoms with Crippen molar-refractivity contribution in [1.82, 2.24) is 15.2 Å². The highest BCUT2D eigenvalue weighted by atomic mass is 15.2. The van der Waals surface area contributed by atoms with E-state index in [-0.39, 0.29) is 6.04 Å². The van der Waals surface area contributed by atoms with E-state index >= 15 is 0 Å². The van der Waals surface area contributed by atoms with E-state index in [1.165, 1.54) is 6.33 Å². The van der Waals surface area contributed by atoms with Gasteiger partial charge in [0.25, 0.3) is 0 Å². The Balaban J connectivity index is 2.22. The Morgan fingerprint density at radius 2 is 2.29 bits per heavy atom. The highest BCUT2D eigenvalue weighted by Gasteiger charge is 2.10. The zero-order valence-corrected chi connectivity index (χ0v) is 9.73. The summed E-state index contributed by atoms with van der Waals surface area (Å²) in [6.07, 6.45) is 1.47. The van der Waals surface area contributed by atoms with Crippen molar-refractivity contribution < 1.29 is 0 Å². The summed E-state index contributed by atoms with van der Waals surface area (Å²) in [5.41, 5.74) is 2.51. The van der Waals surface area contributed by atoms with Crippen molar-refractivity contribution in [3.05, 3.63) is 41.5 Å². The Bertz CT molecular complexity index is 539. The lowest BCUT2D eigenvalue weighted by Crippen LogP contribution is -2.09. The van der Waals surface area contributed by atoms with E-state index in [1.54, 1.807) is 0 Å². The molecule has 0 amide bonds. The van der Waals surface area contributed by atoms with Gasteiger partial charge in [0.15, 0.2) is 0 Å². The average Bonchev–Trinajstić information content (AvgIpc) is 2.85. The lowest BCUT2D eigenvalue weighted by molar-refractivity contribution is 0.795. The van der Waals surface area contributed by atoms with Crippen LogP contribution in [0.5, 0.6) is 0 Å². The first kappa shape index (κ1) is 11.1. The van der Waals surface area contributed by atoms with Crippen LogP contribution in [0.4, 0.5) is 5.69 Å². The van der Waals surface area contributed by atoms with Gasteiger partial charge in [-0.2, -0.15) is 10.4 Å². The number of benzene rings is 1. The van der Waals surface area contributed by atoms with Crippen LogP contribution in [0.1, 0.15) is 29.9 Å². The van der Waals surface area contributed by atoms with E-state index in [0.29, 0.717) is 5.56 Å². The summed E-state index contributed by atoms with van der Waals surface area (Å²) in [6.45, 7) is 3.92. The number of aromatic amines is 1. The Labute approximate surface area is 99.5 Å². The summed E-state index contributed by atoms with van der Waals surface area (Å²) in [4.78, 5) is 4.07. The number of H-pyrrole nitrogens is 1. The quantitative estimate of drug-likeness (QED) is 0.842. The largest absolute Gasteiger partial charge is 0.374 e. The minimum Gasteiger partial charge on any atom is -0.374 e. The molecule has 0 saturated carbocycles. The monoisotopic (exact) mass is 227 g/mol. The number of nitrogens with one attached hydrogen (secondary N) is 2. The van der Waals surface area contributed by atoms with E-state index in [0.717, 1.165) is 17.1 Å². The van der Waals surface area contributed by atoms with Crippen molar-refractivity contribution in [3.8, 4) is 6.07 Å². The molecule has 1 aromatic heterocycles. The zero-order chi connectivity index (χ0) is 12.3. The maximum Gasteiger partial charge on any atom is 0.146 e. The van der Waals surface area contributed by atoms with Crippen molar-refractivity contribution in [1.29, 1.82) is 5.26 Å². The molecule has 2 rings (SSSR count). The summed E-state index contributed by atoms with van der Waals surface area (Å²) in [5.74, 6) is 0.745. The van der Waals surface area contributed by atoms with Crippen LogP contribution < -0.4 is 5.32 Å². The lowest BCUT2D eigenvalue weighted by Gasteiger charge is -2.14. The topological polar surface area (TPSA) is 77.4 Å². The minimum absolute atomic E-state index is 0.0210. The van der Waals surface area contributed by atoms with Gasteiger partial charge in [-0.15, -0.1) is 0 Å². The number of nitriles is 1. The van der Waals surface area contributed by atoms with Gasteiger partial charge in [-0.1, -0.05) is 6.07 Å². The summed E-state index contributed by atoms with van der Waals surface area (Å²) in [5, 5.41) is 18.9. The minimum atomic E-state index is -0.0210. The molecule has 2 N–H and O–H groups in total. The number of hydrogen-bond donors (Lipinski definition) is 2. The molecule has 1 heterocycles. The van der Waals surface area contributed by atoms with E-state index in [4.69, 9.17) is 5.26 Å². The summed E-state index contributed by atoms with van der Waals surface area (Å²) < 4.78 is 0. The first-order chi connectivity index (χ1) is 8.20. The molecule has 86 valence electrons. The average molecular weight is 227 g/mol. The number of hydrogen-bond acceptors (Lipinski definition) is 4. The van der Waals surface area contributed by atoms with Gasteiger partial charge in [0.2, 0.25) is 0 Å². The van der Waals surface area contributed by atoms with Gasteiger partial charge in [0, 0.05) is 0 Å². The molecule has 1 atom stereocenters. The summed E-state index contributed by atoms with van der Waals surface area (Å²) >= 11 is 0. The summed E-state index contributed by atoms with van der Waals surface area (Å²) in [7, 11) is 0. The molecule has 0 saturated heterocycles. The van der Waals surface area contributed by atoms with Crippen LogP contribution in [-0.2, 0) is 0 Å². The molecule has 0 fully saturated rings. The second-order valence-electron chi connectivity index (χ2n) is 3.90. The van der Waals surface area contributed by atoms with Gasteiger partial charge in [0.05, 0.1) is 17.3 Å². The number of anilines is 1. The van der Waals surface area contributed by atoms with Crippen LogP contribution in [0.25, 0.3) is 0 Å². The Morgan fingerprint density at radius 1 is 1.47 bits per heavy atom. The Morgan fingerprint density at radius 3 is 2.94 bits per heavy atom. The summed E-state index contributed by atoms with van der Waals surface area (Å²) in [6, 6.07) is 7.89. The van der Waals surface area contributed by atoms with E-state index in [2.05, 4.69) is 26.6 Å². The molecule has 0 aliphatic rings. The number of aryl methyl sites for hydroxylation is 1. The van der Waals surface area contributed by atoms with Crippen LogP contribution in [-0.4, -0.2) is 15.2 Å². The Kier molecular flexibility index (Phi) is 3.06. The number of nitrogens with zero attached hydrogens (tertiary/aromatic N) is 3. The SMILES string of the molecule is Cc1ccc(NC(C)c2ncn[nH]2)c(C#N)c1. The molecule has 1 unspecified atom stereocenters. The van der Waals surface area contributed by atoms with Crippen molar-refractivity contribution in [2.24, 2.45) is 0 Å². The molecule has 1 aromatic carbocycles. The van der Waals surface area contributed by atoms with Crippen molar-refractivity contribution in [3.63, 3.8) is 0 Å². The van der Waals surface area contributed by atoms with Crippen molar-refractivity contribution >= 4 is 5.69 Å². The molecule has 0 aliphatic heterocycles. The standard InChI is InChI=1S/C12H13N5/c1-8-3-4-11(10(5-8)6-13)16-9(2)12-14-7-15-17-12/h3-5,7,9,16H,1-2H3,(H,14,15,17). The fraction of sp³-hybridized carbons (Fsp3) is 0.250. The number of aromatic nitrogens is 3. The molecule has 2 aromatic rings. The van der Waals surface area contributed by atoms with Crippen LogP contribution >= 0.6 is 0 Å². The maximum absolute atomic E-state index is 9.06. The van der Waals surface area contributed by atoms with Crippen LogP contribution in [0, 0.1) is 18.3 Å². The third-order valence-corrected chi connectivity index (χ3v) is 2.51. The van der Waals surface area contributed by atoms with Crippen LogP contribution in [0.3, 0.4) is 0 Å². The van der Waals surface area contributed by atoms with E-state index in [9.17, 15) is 0 Å². The predicted octanol–water partition coefficient (Wildman–Crippen LogP) is 2.16. The molecule has 5 nitrogen and oxygen atoms in total. The predicted molar refractivity (Wildman–Crippen MR) is 64.3 cm³/mol. The molecule has 0 spiro atoms. The second kappa shape index (κ2) is 4.66. The first-order valence-corrected chi connectivity index (χ1v) is 5.33. The smallest absolute Gasteiger partial charge is 0.146 e. The van der Waals surface area contributed by atoms with E-state index in [1.807, 2.05) is 32.0 Å². The number of rotatable bonds is 3. The van der Waals surface area contributed by atoms with Crippen LogP contribution in [0.15, 0.2) is 24.5 Å². The molecule has 0 bridgehead atoms. The maximum atomic E-state index is 9.06. The van der Waals surface area contributed by atoms with Gasteiger partial charge in [-0.05, 0) is 31.5 Å². The van der Waals surface area contributed by atoms with Gasteiger partial charge in [-0.3, -0.25) is 5.10 Å². The zero-order valence-electron chi connectivity index (χ0n) is 9.73. The molecule has 5 heteroatoms. The van der Waals surface area contributed by atoms with E-state index < -0.39 is 0 Å².